The number of carbonyl (C=O) groups is 1. The number of carbonyl (C=O) groups excluding carboxylic acids is 1. The number of hydrogen-bond acceptors (Lipinski definition) is 3. The molecule has 3 heterocycles. The fraction of sp³-hybridized carbons (Fsp3) is 0.406. The number of aromatic amines is 2. The van der Waals surface area contributed by atoms with Gasteiger partial charge in [0.2, 0.25) is 11.8 Å². The Morgan fingerprint density at radius 1 is 0.950 bits per heavy atom. The third-order valence-electron chi connectivity index (χ3n) is 9.39. The number of H-pyrrole nitrogens is 2. The van der Waals surface area contributed by atoms with Crippen molar-refractivity contribution in [3.8, 4) is 33.6 Å². The highest BCUT2D eigenvalue weighted by atomic mass is 19.3. The summed E-state index contributed by atoms with van der Waals surface area (Å²) in [6, 6.07) is 16.9. The highest BCUT2D eigenvalue weighted by Gasteiger charge is 2.60. The molecule has 2 aliphatic carbocycles. The molecule has 7 rings (SSSR count). The summed E-state index contributed by atoms with van der Waals surface area (Å²) in [5.41, 5.74) is 6.30. The summed E-state index contributed by atoms with van der Waals surface area (Å²) in [5.74, 6) is -0.620. The SMILES string of the molecule is CC1C2CC(c3ncc(-c4ccc(-c5ccc(-c6cnc[nH]6)cc5)cc4)[nH]3)N(C(=O)CC3CCC(F)(F)CC3)C12. The van der Waals surface area contributed by atoms with Gasteiger partial charge in [0.05, 0.1) is 36.2 Å². The minimum absolute atomic E-state index is 0.0493. The molecule has 1 amide bonds. The van der Waals surface area contributed by atoms with Gasteiger partial charge in [0, 0.05) is 25.3 Å². The second-order valence-corrected chi connectivity index (χ2v) is 11.9. The van der Waals surface area contributed by atoms with E-state index in [1.165, 1.54) is 0 Å². The molecule has 3 aliphatic rings. The molecule has 40 heavy (non-hydrogen) atoms. The molecule has 2 aromatic carbocycles. The van der Waals surface area contributed by atoms with E-state index in [9.17, 15) is 13.6 Å². The quantitative estimate of drug-likeness (QED) is 0.270. The van der Waals surface area contributed by atoms with Crippen LogP contribution in [-0.4, -0.2) is 42.7 Å². The Morgan fingerprint density at radius 2 is 1.57 bits per heavy atom. The fourth-order valence-electron chi connectivity index (χ4n) is 6.91. The number of halogens is 2. The number of hydrogen-bond donors (Lipinski definition) is 2. The summed E-state index contributed by atoms with van der Waals surface area (Å²) >= 11 is 0. The molecule has 4 atom stereocenters. The largest absolute Gasteiger partial charge is 0.345 e. The van der Waals surface area contributed by atoms with Crippen molar-refractivity contribution >= 4 is 5.91 Å². The van der Waals surface area contributed by atoms with Gasteiger partial charge in [0.1, 0.15) is 5.82 Å². The minimum atomic E-state index is -2.57. The summed E-state index contributed by atoms with van der Waals surface area (Å²) in [6.45, 7) is 2.20. The second-order valence-electron chi connectivity index (χ2n) is 11.9. The third kappa shape index (κ3) is 4.63. The number of rotatable bonds is 6. The van der Waals surface area contributed by atoms with Crippen molar-refractivity contribution in [3.63, 3.8) is 0 Å². The minimum Gasteiger partial charge on any atom is -0.345 e. The van der Waals surface area contributed by atoms with E-state index in [1.807, 2.05) is 17.3 Å². The first-order chi connectivity index (χ1) is 19.4. The molecule has 2 aromatic heterocycles. The first kappa shape index (κ1) is 25.2. The maximum atomic E-state index is 13.6. The molecule has 0 radical (unpaired) electrons. The van der Waals surface area contributed by atoms with Gasteiger partial charge in [-0.2, -0.15) is 0 Å². The lowest BCUT2D eigenvalue weighted by atomic mass is 9.84. The zero-order valence-electron chi connectivity index (χ0n) is 22.5. The Balaban J connectivity index is 1.05. The Kier molecular flexibility index (Phi) is 6.09. The smallest absolute Gasteiger partial charge is 0.248 e. The third-order valence-corrected chi connectivity index (χ3v) is 9.39. The van der Waals surface area contributed by atoms with Gasteiger partial charge < -0.3 is 14.9 Å². The number of fused-ring (bicyclic) bond motifs is 1. The molecule has 4 unspecified atom stereocenters. The van der Waals surface area contributed by atoms with Crippen LogP contribution >= 0.6 is 0 Å². The Bertz CT molecular complexity index is 1490. The van der Waals surface area contributed by atoms with Crippen molar-refractivity contribution in [2.75, 3.05) is 0 Å². The monoisotopic (exact) mass is 541 g/mol. The van der Waals surface area contributed by atoms with Gasteiger partial charge in [-0.05, 0) is 59.3 Å². The maximum Gasteiger partial charge on any atom is 0.248 e. The topological polar surface area (TPSA) is 77.7 Å². The molecular weight excluding hydrogens is 508 g/mol. The molecule has 0 bridgehead atoms. The van der Waals surface area contributed by atoms with Crippen LogP contribution in [-0.2, 0) is 4.79 Å². The van der Waals surface area contributed by atoms with Crippen molar-refractivity contribution in [1.29, 1.82) is 0 Å². The number of piperidine rings is 1. The maximum absolute atomic E-state index is 13.6. The summed E-state index contributed by atoms with van der Waals surface area (Å²) in [4.78, 5) is 30.9. The lowest BCUT2D eigenvalue weighted by Crippen LogP contribution is -2.37. The summed E-state index contributed by atoms with van der Waals surface area (Å²) in [6.07, 6.45) is 7.25. The van der Waals surface area contributed by atoms with Crippen LogP contribution in [0.1, 0.15) is 57.3 Å². The number of likely N-dealkylation sites (tertiary alicyclic amines) is 1. The van der Waals surface area contributed by atoms with E-state index < -0.39 is 5.92 Å². The Labute approximate surface area is 232 Å². The number of aromatic nitrogens is 4. The second kappa shape index (κ2) is 9.68. The van der Waals surface area contributed by atoms with E-state index >= 15 is 0 Å². The molecule has 3 fully saturated rings. The molecule has 1 aliphatic heterocycles. The van der Waals surface area contributed by atoms with Crippen LogP contribution in [0, 0.1) is 17.8 Å². The number of amides is 1. The van der Waals surface area contributed by atoms with Crippen molar-refractivity contribution in [2.24, 2.45) is 17.8 Å². The average molecular weight is 542 g/mol. The standard InChI is InChI=1S/C32H33F2N5O/c1-19-25-15-28(39(30(19)25)29(40)14-20-10-12-32(33,34)13-11-20)31-36-17-27(38-31)24-8-4-22(5-9-24)21-2-6-23(7-3-21)26-16-35-18-37-26/h2-9,16-20,25,28,30H,10-15H2,1H3,(H,35,37)(H,36,38). The van der Waals surface area contributed by atoms with Crippen LogP contribution in [0.3, 0.4) is 0 Å². The Hall–Kier alpha value is -3.81. The highest BCUT2D eigenvalue weighted by molar-refractivity contribution is 5.78. The lowest BCUT2D eigenvalue weighted by molar-refractivity contribution is -0.136. The van der Waals surface area contributed by atoms with Crippen molar-refractivity contribution < 1.29 is 13.6 Å². The summed E-state index contributed by atoms with van der Waals surface area (Å²) < 4.78 is 27.2. The van der Waals surface area contributed by atoms with Gasteiger partial charge in [0.25, 0.3) is 0 Å². The molecule has 0 spiro atoms. The molecular formula is C32H33F2N5O. The van der Waals surface area contributed by atoms with Crippen LogP contribution in [0.5, 0.6) is 0 Å². The fourth-order valence-corrected chi connectivity index (χ4v) is 6.91. The molecule has 1 saturated heterocycles. The van der Waals surface area contributed by atoms with E-state index in [0.29, 0.717) is 31.1 Å². The number of alkyl halides is 2. The van der Waals surface area contributed by atoms with Gasteiger partial charge in [-0.15, -0.1) is 0 Å². The number of nitrogens with one attached hydrogen (secondary N) is 2. The molecule has 2 N–H and O–H groups in total. The van der Waals surface area contributed by atoms with Crippen molar-refractivity contribution in [2.45, 2.75) is 63.5 Å². The molecule has 8 heteroatoms. The first-order valence-electron chi connectivity index (χ1n) is 14.3. The molecule has 206 valence electrons. The Morgan fingerprint density at radius 3 is 2.20 bits per heavy atom. The summed E-state index contributed by atoms with van der Waals surface area (Å²) in [7, 11) is 0. The summed E-state index contributed by atoms with van der Waals surface area (Å²) in [5, 5.41) is 0. The number of nitrogens with zero attached hydrogens (tertiary/aromatic N) is 3. The highest BCUT2D eigenvalue weighted by Crippen LogP contribution is 2.57. The number of benzene rings is 2. The van der Waals surface area contributed by atoms with Gasteiger partial charge in [0.15, 0.2) is 0 Å². The van der Waals surface area contributed by atoms with E-state index in [-0.39, 0.29) is 36.8 Å². The van der Waals surface area contributed by atoms with Gasteiger partial charge in [-0.1, -0.05) is 55.5 Å². The average Bonchev–Trinajstić information content (AvgIpc) is 3.52. The molecule has 4 aromatic rings. The van der Waals surface area contributed by atoms with Crippen LogP contribution in [0.2, 0.25) is 0 Å². The van der Waals surface area contributed by atoms with Crippen molar-refractivity contribution in [1.82, 2.24) is 24.8 Å². The zero-order chi connectivity index (χ0) is 27.4. The van der Waals surface area contributed by atoms with Gasteiger partial charge >= 0.3 is 0 Å². The molecule has 2 saturated carbocycles. The van der Waals surface area contributed by atoms with E-state index in [1.54, 1.807) is 6.33 Å². The predicted octanol–water partition coefficient (Wildman–Crippen LogP) is 7.26. The van der Waals surface area contributed by atoms with E-state index in [2.05, 4.69) is 70.4 Å². The van der Waals surface area contributed by atoms with E-state index in [0.717, 1.165) is 45.9 Å². The lowest BCUT2D eigenvalue weighted by Gasteiger charge is -2.32. The normalized spacial score (nSPS) is 25.6. The van der Waals surface area contributed by atoms with Crippen LogP contribution in [0.4, 0.5) is 8.78 Å². The van der Waals surface area contributed by atoms with Crippen LogP contribution in [0.15, 0.2) is 67.3 Å². The molecule has 6 nitrogen and oxygen atoms in total. The van der Waals surface area contributed by atoms with Gasteiger partial charge in [-0.25, -0.2) is 18.7 Å². The zero-order valence-corrected chi connectivity index (χ0v) is 22.5. The van der Waals surface area contributed by atoms with Crippen LogP contribution in [0.25, 0.3) is 33.6 Å². The van der Waals surface area contributed by atoms with Crippen molar-refractivity contribution in [3.05, 3.63) is 73.1 Å². The first-order valence-corrected chi connectivity index (χ1v) is 14.3. The van der Waals surface area contributed by atoms with Gasteiger partial charge in [-0.3, -0.25) is 4.79 Å². The van der Waals surface area contributed by atoms with E-state index in [4.69, 9.17) is 4.98 Å². The number of imidazole rings is 2. The predicted molar refractivity (Wildman–Crippen MR) is 149 cm³/mol. The van der Waals surface area contributed by atoms with Crippen LogP contribution < -0.4 is 0 Å².